The average molecular weight is 271 g/mol. The fourth-order valence-corrected chi connectivity index (χ4v) is 1.75. The number of carboxylic acid groups (broad SMARTS) is 1. The molecular weight excluding hydrogens is 254 g/mol. The molecular formula is C11H17N3O3S. The molecule has 0 aromatic carbocycles. The van der Waals surface area contributed by atoms with Crippen molar-refractivity contribution in [1.82, 2.24) is 14.9 Å². The molecule has 1 atom stereocenters. The standard InChI is InChI=1S/C11H17N3O3S/c1-11(2,3)5-4-7(10(16)17)13-9(15)8-6-12-14-18-8/h6-7H,4-5H2,1-3H3,(H,13,15)(H,16,17). The number of carbonyl (C=O) groups is 2. The van der Waals surface area contributed by atoms with Crippen LogP contribution in [0.2, 0.25) is 0 Å². The zero-order valence-corrected chi connectivity index (χ0v) is 11.5. The van der Waals surface area contributed by atoms with Gasteiger partial charge < -0.3 is 10.4 Å². The van der Waals surface area contributed by atoms with E-state index < -0.39 is 17.9 Å². The van der Waals surface area contributed by atoms with Crippen LogP contribution in [-0.2, 0) is 4.79 Å². The third-order valence-corrected chi connectivity index (χ3v) is 3.03. The van der Waals surface area contributed by atoms with E-state index in [0.29, 0.717) is 17.7 Å². The van der Waals surface area contributed by atoms with Gasteiger partial charge in [0.2, 0.25) is 0 Å². The van der Waals surface area contributed by atoms with Gasteiger partial charge in [0.15, 0.2) is 0 Å². The van der Waals surface area contributed by atoms with E-state index in [0.717, 1.165) is 11.5 Å². The molecule has 1 unspecified atom stereocenters. The number of carbonyl (C=O) groups excluding carboxylic acids is 1. The lowest BCUT2D eigenvalue weighted by Gasteiger charge is -2.21. The highest BCUT2D eigenvalue weighted by atomic mass is 32.1. The van der Waals surface area contributed by atoms with Gasteiger partial charge in [-0.2, -0.15) is 0 Å². The number of carboxylic acids is 1. The first kappa shape index (κ1) is 14.6. The highest BCUT2D eigenvalue weighted by Gasteiger charge is 2.23. The molecule has 0 saturated carbocycles. The van der Waals surface area contributed by atoms with E-state index in [-0.39, 0.29) is 5.41 Å². The van der Waals surface area contributed by atoms with Gasteiger partial charge in [-0.05, 0) is 29.8 Å². The van der Waals surface area contributed by atoms with E-state index in [1.165, 1.54) is 6.20 Å². The highest BCUT2D eigenvalue weighted by molar-refractivity contribution is 7.07. The van der Waals surface area contributed by atoms with Gasteiger partial charge in [-0.25, -0.2) is 4.79 Å². The lowest BCUT2D eigenvalue weighted by atomic mass is 9.88. The molecule has 7 heteroatoms. The minimum absolute atomic E-state index is 0.0322. The maximum Gasteiger partial charge on any atom is 0.326 e. The van der Waals surface area contributed by atoms with Crippen LogP contribution in [0.1, 0.15) is 43.3 Å². The summed E-state index contributed by atoms with van der Waals surface area (Å²) in [5, 5.41) is 15.1. The summed E-state index contributed by atoms with van der Waals surface area (Å²) >= 11 is 0.942. The van der Waals surface area contributed by atoms with Crippen molar-refractivity contribution < 1.29 is 14.7 Å². The van der Waals surface area contributed by atoms with Crippen LogP contribution < -0.4 is 5.32 Å². The Morgan fingerprint density at radius 3 is 2.61 bits per heavy atom. The van der Waals surface area contributed by atoms with Crippen LogP contribution in [0.3, 0.4) is 0 Å². The second-order valence-corrected chi connectivity index (χ2v) is 6.03. The molecule has 0 spiro atoms. The molecule has 100 valence electrons. The SMILES string of the molecule is CC(C)(C)CCC(NC(=O)c1cnns1)C(=O)O. The minimum Gasteiger partial charge on any atom is -0.480 e. The van der Waals surface area contributed by atoms with Crippen LogP contribution in [0.25, 0.3) is 0 Å². The first-order valence-electron chi connectivity index (χ1n) is 5.60. The van der Waals surface area contributed by atoms with E-state index in [2.05, 4.69) is 14.9 Å². The summed E-state index contributed by atoms with van der Waals surface area (Å²) in [5.41, 5.74) is 0.0322. The Bertz CT molecular complexity index is 412. The maximum absolute atomic E-state index is 11.7. The van der Waals surface area contributed by atoms with Crippen molar-refractivity contribution in [2.24, 2.45) is 5.41 Å². The van der Waals surface area contributed by atoms with Crippen molar-refractivity contribution in [3.8, 4) is 0 Å². The lowest BCUT2D eigenvalue weighted by Crippen LogP contribution is -2.41. The Labute approximate surface area is 110 Å². The van der Waals surface area contributed by atoms with E-state index in [4.69, 9.17) is 5.11 Å². The molecule has 6 nitrogen and oxygen atoms in total. The van der Waals surface area contributed by atoms with Gasteiger partial charge in [-0.1, -0.05) is 25.3 Å². The third kappa shape index (κ3) is 4.79. The topological polar surface area (TPSA) is 92.2 Å². The summed E-state index contributed by atoms with van der Waals surface area (Å²) in [4.78, 5) is 23.1. The minimum atomic E-state index is -1.02. The Balaban J connectivity index is 2.58. The third-order valence-electron chi connectivity index (χ3n) is 2.37. The largest absolute Gasteiger partial charge is 0.480 e. The summed E-state index contributed by atoms with van der Waals surface area (Å²) < 4.78 is 3.56. The van der Waals surface area contributed by atoms with Crippen molar-refractivity contribution in [2.75, 3.05) is 0 Å². The Morgan fingerprint density at radius 2 is 2.17 bits per heavy atom. The quantitative estimate of drug-likeness (QED) is 0.847. The summed E-state index contributed by atoms with van der Waals surface area (Å²) in [6, 6.07) is -0.876. The Kier molecular flexibility index (Phi) is 4.77. The predicted octanol–water partition coefficient (Wildman–Crippen LogP) is 1.55. The second-order valence-electron chi connectivity index (χ2n) is 5.25. The smallest absolute Gasteiger partial charge is 0.326 e. The molecule has 1 amide bonds. The number of hydrogen-bond donors (Lipinski definition) is 2. The summed E-state index contributed by atoms with van der Waals surface area (Å²) in [5.74, 6) is -1.46. The molecule has 1 rings (SSSR count). The number of aliphatic carboxylic acids is 1. The molecule has 0 radical (unpaired) electrons. The first-order valence-corrected chi connectivity index (χ1v) is 6.38. The molecule has 0 bridgehead atoms. The van der Waals surface area contributed by atoms with Gasteiger partial charge in [0.1, 0.15) is 10.9 Å². The van der Waals surface area contributed by atoms with Gasteiger partial charge in [0.05, 0.1) is 6.20 Å². The number of hydrogen-bond acceptors (Lipinski definition) is 5. The number of nitrogens with zero attached hydrogens (tertiary/aromatic N) is 2. The molecule has 2 N–H and O–H groups in total. The van der Waals surface area contributed by atoms with Gasteiger partial charge in [-0.15, -0.1) is 5.10 Å². The fraction of sp³-hybridized carbons (Fsp3) is 0.636. The second kappa shape index (κ2) is 5.90. The van der Waals surface area contributed by atoms with Crippen molar-refractivity contribution in [3.63, 3.8) is 0 Å². The zero-order valence-electron chi connectivity index (χ0n) is 10.6. The molecule has 0 aliphatic rings. The van der Waals surface area contributed by atoms with Crippen LogP contribution in [0, 0.1) is 5.41 Å². The number of amides is 1. The number of nitrogens with one attached hydrogen (secondary N) is 1. The molecule has 1 aromatic rings. The number of rotatable bonds is 5. The van der Waals surface area contributed by atoms with Crippen molar-refractivity contribution in [3.05, 3.63) is 11.1 Å². The van der Waals surface area contributed by atoms with Crippen molar-refractivity contribution >= 4 is 23.4 Å². The van der Waals surface area contributed by atoms with Crippen LogP contribution in [0.4, 0.5) is 0 Å². The summed E-state index contributed by atoms with van der Waals surface area (Å²) in [6.07, 6.45) is 2.44. The molecule has 0 aliphatic carbocycles. The van der Waals surface area contributed by atoms with Gasteiger partial charge in [-0.3, -0.25) is 4.79 Å². The van der Waals surface area contributed by atoms with Crippen LogP contribution in [0.15, 0.2) is 6.20 Å². The molecule has 1 aromatic heterocycles. The van der Waals surface area contributed by atoms with E-state index in [1.54, 1.807) is 0 Å². The van der Waals surface area contributed by atoms with Crippen LogP contribution >= 0.6 is 11.5 Å². The molecule has 18 heavy (non-hydrogen) atoms. The molecule has 0 aliphatic heterocycles. The Morgan fingerprint density at radius 1 is 1.50 bits per heavy atom. The lowest BCUT2D eigenvalue weighted by molar-refractivity contribution is -0.139. The molecule has 0 saturated heterocycles. The highest BCUT2D eigenvalue weighted by Crippen LogP contribution is 2.21. The maximum atomic E-state index is 11.7. The van der Waals surface area contributed by atoms with Gasteiger partial charge >= 0.3 is 5.97 Å². The summed E-state index contributed by atoms with van der Waals surface area (Å²) in [7, 11) is 0. The van der Waals surface area contributed by atoms with Gasteiger partial charge in [0, 0.05) is 0 Å². The van der Waals surface area contributed by atoms with E-state index in [9.17, 15) is 9.59 Å². The normalized spacial score (nSPS) is 13.1. The van der Waals surface area contributed by atoms with Crippen molar-refractivity contribution in [2.45, 2.75) is 39.7 Å². The van der Waals surface area contributed by atoms with Crippen LogP contribution in [-0.4, -0.2) is 32.6 Å². The van der Waals surface area contributed by atoms with Crippen molar-refractivity contribution in [1.29, 1.82) is 0 Å². The first-order chi connectivity index (χ1) is 8.29. The summed E-state index contributed by atoms with van der Waals surface area (Å²) in [6.45, 7) is 6.09. The predicted molar refractivity (Wildman–Crippen MR) is 67.5 cm³/mol. The number of aromatic nitrogens is 2. The van der Waals surface area contributed by atoms with E-state index >= 15 is 0 Å². The fourth-order valence-electron chi connectivity index (χ4n) is 1.33. The van der Waals surface area contributed by atoms with Gasteiger partial charge in [0.25, 0.3) is 5.91 Å². The molecule has 0 fully saturated rings. The molecule has 1 heterocycles. The Hall–Kier alpha value is -1.50. The average Bonchev–Trinajstić information content (AvgIpc) is 2.75. The van der Waals surface area contributed by atoms with Crippen LogP contribution in [0.5, 0.6) is 0 Å². The van der Waals surface area contributed by atoms with E-state index in [1.807, 2.05) is 20.8 Å². The monoisotopic (exact) mass is 271 g/mol. The zero-order chi connectivity index (χ0) is 13.8.